The monoisotopic (exact) mass is 326 g/mol. The van der Waals surface area contributed by atoms with E-state index in [4.69, 9.17) is 4.74 Å². The maximum Gasteiger partial charge on any atom is 0.412 e. The summed E-state index contributed by atoms with van der Waals surface area (Å²) in [5.74, 6) is 0. The minimum Gasteiger partial charge on any atom is -1.00 e. The fourth-order valence-corrected chi connectivity index (χ4v) is 2.89. The molecule has 1 fully saturated rings. The number of hydrogen-bond donors (Lipinski definition) is 2. The predicted octanol–water partition coefficient (Wildman–Crippen LogP) is -0.688. The van der Waals surface area contributed by atoms with Crippen molar-refractivity contribution in [2.24, 2.45) is 0 Å². The van der Waals surface area contributed by atoms with Gasteiger partial charge >= 0.3 is 6.09 Å². The maximum atomic E-state index is 12.1. The standard InChI is InChI=1S/C17H26N2O2.ClH/c1-12-7-6-8-13(2)15(12)18-16(20)21-14-9-10-19(11-14)17(3,4)5;/h6-8,14H,9-11H2,1-5H3,(H,18,20);1H. The highest BCUT2D eigenvalue weighted by molar-refractivity contribution is 5.86. The summed E-state index contributed by atoms with van der Waals surface area (Å²) in [5, 5.41) is 2.89. The van der Waals surface area contributed by atoms with Gasteiger partial charge in [0.15, 0.2) is 6.10 Å². The molecule has 1 aromatic carbocycles. The molecule has 1 amide bonds. The highest BCUT2D eigenvalue weighted by Gasteiger charge is 2.36. The molecule has 2 N–H and O–H groups in total. The third kappa shape index (κ3) is 4.62. The van der Waals surface area contributed by atoms with Gasteiger partial charge in [-0.15, -0.1) is 0 Å². The zero-order valence-corrected chi connectivity index (χ0v) is 14.9. The molecular weight excluding hydrogens is 300 g/mol. The van der Waals surface area contributed by atoms with Gasteiger partial charge in [-0.1, -0.05) is 18.2 Å². The first-order valence-corrected chi connectivity index (χ1v) is 7.66. The lowest BCUT2D eigenvalue weighted by molar-refractivity contribution is -0.936. The van der Waals surface area contributed by atoms with E-state index in [1.54, 1.807) is 0 Å². The fourth-order valence-electron chi connectivity index (χ4n) is 2.89. The van der Waals surface area contributed by atoms with E-state index >= 15 is 0 Å². The number of carbonyl (C=O) groups excluding carboxylic acids is 1. The van der Waals surface area contributed by atoms with Crippen molar-refractivity contribution < 1.29 is 26.8 Å². The molecule has 0 bridgehead atoms. The summed E-state index contributed by atoms with van der Waals surface area (Å²) >= 11 is 0. The van der Waals surface area contributed by atoms with E-state index in [2.05, 4.69) is 26.1 Å². The molecule has 1 heterocycles. The second kappa shape index (κ2) is 7.34. The highest BCUT2D eigenvalue weighted by atomic mass is 35.5. The van der Waals surface area contributed by atoms with Crippen LogP contribution in [0.5, 0.6) is 0 Å². The van der Waals surface area contributed by atoms with Crippen molar-refractivity contribution in [3.05, 3.63) is 29.3 Å². The maximum absolute atomic E-state index is 12.1. The summed E-state index contributed by atoms with van der Waals surface area (Å²) in [7, 11) is 0. The molecule has 0 saturated carbocycles. The number of hydrogen-bond acceptors (Lipinski definition) is 2. The average Bonchev–Trinajstić information content (AvgIpc) is 2.82. The topological polar surface area (TPSA) is 42.8 Å². The van der Waals surface area contributed by atoms with Gasteiger partial charge in [0.25, 0.3) is 0 Å². The first kappa shape index (κ1) is 18.8. The number of amides is 1. The zero-order valence-electron chi connectivity index (χ0n) is 14.1. The molecular formula is C17H27ClN2O2. The Morgan fingerprint density at radius 1 is 1.27 bits per heavy atom. The lowest BCUT2D eigenvalue weighted by atomic mass is 10.1. The Kier molecular flexibility index (Phi) is 6.27. The minimum atomic E-state index is -0.340. The molecule has 1 aliphatic heterocycles. The van der Waals surface area contributed by atoms with Crippen molar-refractivity contribution in [2.45, 2.75) is 52.7 Å². The molecule has 124 valence electrons. The van der Waals surface area contributed by atoms with Crippen molar-refractivity contribution >= 4 is 11.8 Å². The van der Waals surface area contributed by atoms with E-state index in [9.17, 15) is 4.79 Å². The van der Waals surface area contributed by atoms with Crippen LogP contribution in [-0.2, 0) is 4.74 Å². The molecule has 1 saturated heterocycles. The van der Waals surface area contributed by atoms with Gasteiger partial charge in [0.2, 0.25) is 0 Å². The number of halogens is 1. The first-order valence-electron chi connectivity index (χ1n) is 7.66. The number of nitrogens with one attached hydrogen (secondary N) is 2. The largest absolute Gasteiger partial charge is 1.00 e. The summed E-state index contributed by atoms with van der Waals surface area (Å²) in [5.41, 5.74) is 3.18. The lowest BCUT2D eigenvalue weighted by Crippen LogP contribution is -3.17. The van der Waals surface area contributed by atoms with Gasteiger partial charge in [-0.2, -0.15) is 0 Å². The number of ether oxygens (including phenoxy) is 1. The molecule has 22 heavy (non-hydrogen) atoms. The summed E-state index contributed by atoms with van der Waals surface area (Å²) in [4.78, 5) is 13.6. The SMILES string of the molecule is Cc1cccc(C)c1NC(=O)OC1CC[NH+](C(C)(C)C)C1.[Cl-]. The van der Waals surface area contributed by atoms with Crippen LogP contribution in [0.3, 0.4) is 0 Å². The van der Waals surface area contributed by atoms with Crippen LogP contribution in [-0.4, -0.2) is 30.8 Å². The van der Waals surface area contributed by atoms with Crippen LogP contribution < -0.4 is 22.6 Å². The number of benzene rings is 1. The second-order valence-corrected chi connectivity index (χ2v) is 7.02. The Hall–Kier alpha value is -1.26. The number of quaternary nitrogens is 1. The fraction of sp³-hybridized carbons (Fsp3) is 0.588. The third-order valence-electron chi connectivity index (χ3n) is 4.28. The van der Waals surface area contributed by atoms with Crippen LogP contribution in [0.1, 0.15) is 38.3 Å². The van der Waals surface area contributed by atoms with E-state index in [0.29, 0.717) is 0 Å². The molecule has 1 aromatic rings. The van der Waals surface area contributed by atoms with Crippen molar-refractivity contribution in [2.75, 3.05) is 18.4 Å². The van der Waals surface area contributed by atoms with Crippen LogP contribution in [0.15, 0.2) is 18.2 Å². The number of rotatable bonds is 2. The summed E-state index contributed by atoms with van der Waals surface area (Å²) in [6.07, 6.45) is 0.614. The molecule has 2 unspecified atom stereocenters. The molecule has 5 heteroatoms. The van der Waals surface area contributed by atoms with Crippen LogP contribution in [0.2, 0.25) is 0 Å². The van der Waals surface area contributed by atoms with Gasteiger partial charge in [-0.05, 0) is 45.7 Å². The van der Waals surface area contributed by atoms with Gasteiger partial charge in [0.1, 0.15) is 6.54 Å². The molecule has 2 rings (SSSR count). The van der Waals surface area contributed by atoms with Gasteiger partial charge in [0.05, 0.1) is 12.1 Å². The molecule has 0 radical (unpaired) electrons. The number of likely N-dealkylation sites (tertiary alicyclic amines) is 1. The molecule has 1 aliphatic rings. The normalized spacial score (nSPS) is 21.1. The molecule has 0 aromatic heterocycles. The van der Waals surface area contributed by atoms with Gasteiger partial charge < -0.3 is 22.0 Å². The molecule has 2 atom stereocenters. The summed E-state index contributed by atoms with van der Waals surface area (Å²) in [6.45, 7) is 12.6. The Balaban J connectivity index is 0.00000242. The molecule has 0 spiro atoms. The number of para-hydroxylation sites is 1. The predicted molar refractivity (Wildman–Crippen MR) is 84.9 cm³/mol. The Morgan fingerprint density at radius 2 is 1.86 bits per heavy atom. The van der Waals surface area contributed by atoms with Crippen molar-refractivity contribution in [1.29, 1.82) is 0 Å². The van der Waals surface area contributed by atoms with Gasteiger partial charge in [-0.25, -0.2) is 4.79 Å². The molecule has 4 nitrogen and oxygen atoms in total. The van der Waals surface area contributed by atoms with Crippen molar-refractivity contribution in [1.82, 2.24) is 0 Å². The zero-order chi connectivity index (χ0) is 15.6. The number of carbonyl (C=O) groups is 1. The smallest absolute Gasteiger partial charge is 0.412 e. The Morgan fingerprint density at radius 3 is 2.36 bits per heavy atom. The van der Waals surface area contributed by atoms with E-state index in [0.717, 1.165) is 36.3 Å². The van der Waals surface area contributed by atoms with E-state index < -0.39 is 0 Å². The quantitative estimate of drug-likeness (QED) is 0.756. The second-order valence-electron chi connectivity index (χ2n) is 7.02. The summed E-state index contributed by atoms with van der Waals surface area (Å²) < 4.78 is 5.58. The number of aryl methyl sites for hydroxylation is 2. The average molecular weight is 327 g/mol. The number of anilines is 1. The van der Waals surface area contributed by atoms with E-state index in [-0.39, 0.29) is 30.1 Å². The van der Waals surface area contributed by atoms with Crippen LogP contribution in [0.4, 0.5) is 10.5 Å². The van der Waals surface area contributed by atoms with Crippen molar-refractivity contribution in [3.8, 4) is 0 Å². The lowest BCUT2D eigenvalue weighted by Gasteiger charge is -2.28. The van der Waals surface area contributed by atoms with Crippen LogP contribution in [0, 0.1) is 13.8 Å². The van der Waals surface area contributed by atoms with E-state index in [1.807, 2.05) is 32.0 Å². The van der Waals surface area contributed by atoms with Crippen LogP contribution in [0.25, 0.3) is 0 Å². The Bertz CT molecular complexity index is 506. The van der Waals surface area contributed by atoms with Gasteiger partial charge in [-0.3, -0.25) is 5.32 Å². The third-order valence-corrected chi connectivity index (χ3v) is 4.28. The Labute approximate surface area is 139 Å². The van der Waals surface area contributed by atoms with Gasteiger partial charge in [0, 0.05) is 12.1 Å². The molecule has 0 aliphatic carbocycles. The minimum absolute atomic E-state index is 0. The van der Waals surface area contributed by atoms with Crippen molar-refractivity contribution in [3.63, 3.8) is 0 Å². The summed E-state index contributed by atoms with van der Waals surface area (Å²) in [6, 6.07) is 5.97. The highest BCUT2D eigenvalue weighted by Crippen LogP contribution is 2.20. The first-order chi connectivity index (χ1) is 9.77. The van der Waals surface area contributed by atoms with Crippen LogP contribution >= 0.6 is 0 Å². The van der Waals surface area contributed by atoms with E-state index in [1.165, 1.54) is 4.90 Å².